The molecule has 1 aromatic heterocycles. The Morgan fingerprint density at radius 3 is 2.72 bits per heavy atom. The molecular formula is C25H27NO5S. The minimum atomic E-state index is -0.955. The molecule has 168 valence electrons. The molecule has 3 unspecified atom stereocenters. The Balaban J connectivity index is 1.58. The van der Waals surface area contributed by atoms with Crippen LogP contribution in [0.5, 0.6) is 5.75 Å². The number of nitrogens with zero attached hydrogens (tertiary/aromatic N) is 1. The smallest absolute Gasteiger partial charge is 0.336 e. The van der Waals surface area contributed by atoms with Crippen LogP contribution in [0.2, 0.25) is 0 Å². The summed E-state index contributed by atoms with van der Waals surface area (Å²) in [6.45, 7) is 4.84. The molecule has 0 radical (unpaired) electrons. The van der Waals surface area contributed by atoms with Crippen molar-refractivity contribution in [2.75, 3.05) is 19.3 Å². The Morgan fingerprint density at radius 2 is 1.97 bits per heavy atom. The number of carbonyl (C=O) groups is 1. The number of piperidine rings is 1. The summed E-state index contributed by atoms with van der Waals surface area (Å²) in [7, 11) is -0.955. The lowest BCUT2D eigenvalue weighted by atomic mass is 9.98. The second-order valence-corrected chi connectivity index (χ2v) is 9.92. The van der Waals surface area contributed by atoms with Crippen LogP contribution in [0.15, 0.2) is 57.7 Å². The van der Waals surface area contributed by atoms with Crippen molar-refractivity contribution in [3.63, 3.8) is 0 Å². The number of hydrogen-bond acceptors (Lipinski definition) is 5. The van der Waals surface area contributed by atoms with Crippen molar-refractivity contribution in [2.45, 2.75) is 38.0 Å². The zero-order valence-corrected chi connectivity index (χ0v) is 19.3. The van der Waals surface area contributed by atoms with E-state index < -0.39 is 22.5 Å². The number of likely N-dealkylation sites (tertiary alicyclic amines) is 1. The third-order valence-corrected chi connectivity index (χ3v) is 7.29. The molecule has 32 heavy (non-hydrogen) atoms. The predicted octanol–water partition coefficient (Wildman–Crippen LogP) is 3.91. The van der Waals surface area contributed by atoms with Crippen molar-refractivity contribution in [3.8, 4) is 16.9 Å². The topological polar surface area (TPSA) is 76.8 Å². The molecule has 2 heterocycles. The van der Waals surface area contributed by atoms with Gasteiger partial charge in [0.1, 0.15) is 11.3 Å². The summed E-state index contributed by atoms with van der Waals surface area (Å²) >= 11 is 0. The summed E-state index contributed by atoms with van der Waals surface area (Å²) in [6.07, 6.45) is 2.69. The maximum atomic E-state index is 12.9. The Hall–Kier alpha value is -2.93. The van der Waals surface area contributed by atoms with Gasteiger partial charge in [-0.1, -0.05) is 24.3 Å². The fourth-order valence-electron chi connectivity index (χ4n) is 4.24. The molecule has 1 saturated heterocycles. The fourth-order valence-corrected chi connectivity index (χ4v) is 5.12. The summed E-state index contributed by atoms with van der Waals surface area (Å²) in [4.78, 5) is 26.9. The van der Waals surface area contributed by atoms with E-state index in [1.54, 1.807) is 30.2 Å². The van der Waals surface area contributed by atoms with Gasteiger partial charge in [0.25, 0.3) is 5.91 Å². The van der Waals surface area contributed by atoms with Crippen LogP contribution in [0, 0.1) is 6.92 Å². The monoisotopic (exact) mass is 453 g/mol. The first-order chi connectivity index (χ1) is 15.3. The molecule has 1 aliphatic heterocycles. The van der Waals surface area contributed by atoms with Gasteiger partial charge in [-0.3, -0.25) is 9.00 Å². The molecule has 7 heteroatoms. The number of hydrogen-bond donors (Lipinski definition) is 0. The van der Waals surface area contributed by atoms with Crippen LogP contribution in [0.3, 0.4) is 0 Å². The van der Waals surface area contributed by atoms with E-state index in [2.05, 4.69) is 0 Å². The van der Waals surface area contributed by atoms with E-state index in [1.165, 1.54) is 6.07 Å². The molecule has 0 saturated carbocycles. The van der Waals surface area contributed by atoms with E-state index in [9.17, 15) is 13.8 Å². The number of amides is 1. The molecule has 3 aromatic rings. The number of rotatable bonds is 5. The highest BCUT2D eigenvalue weighted by Gasteiger charge is 2.29. The summed E-state index contributed by atoms with van der Waals surface area (Å²) in [5.74, 6) is 0.325. The molecule has 0 bridgehead atoms. The van der Waals surface area contributed by atoms with E-state index in [0.717, 1.165) is 34.9 Å². The van der Waals surface area contributed by atoms with E-state index >= 15 is 0 Å². The van der Waals surface area contributed by atoms with Crippen LogP contribution in [-0.4, -0.2) is 45.7 Å². The molecule has 0 N–H and O–H groups in total. The van der Waals surface area contributed by atoms with E-state index in [-0.39, 0.29) is 11.2 Å². The second kappa shape index (κ2) is 9.28. The van der Waals surface area contributed by atoms with Crippen molar-refractivity contribution >= 4 is 27.7 Å². The summed E-state index contributed by atoms with van der Waals surface area (Å²) < 4.78 is 23.2. The van der Waals surface area contributed by atoms with Gasteiger partial charge in [0.05, 0.1) is 5.25 Å². The molecule has 6 nitrogen and oxygen atoms in total. The number of carbonyl (C=O) groups excluding carboxylic acids is 1. The average molecular weight is 454 g/mol. The zero-order valence-electron chi connectivity index (χ0n) is 18.5. The van der Waals surface area contributed by atoms with Gasteiger partial charge >= 0.3 is 5.63 Å². The first-order valence-electron chi connectivity index (χ1n) is 10.7. The predicted molar refractivity (Wildman–Crippen MR) is 126 cm³/mol. The molecule has 1 amide bonds. The van der Waals surface area contributed by atoms with Crippen LogP contribution in [0.25, 0.3) is 22.1 Å². The molecule has 3 atom stereocenters. The molecule has 4 rings (SSSR count). The van der Waals surface area contributed by atoms with Crippen molar-refractivity contribution in [3.05, 3.63) is 64.5 Å². The van der Waals surface area contributed by atoms with Crippen molar-refractivity contribution in [1.29, 1.82) is 0 Å². The standard InChI is InChI=1S/C25H27NO5S/c1-16-7-4-5-9-20(16)22-14-24(27)31-23-13-18(10-11-21(22)23)30-17(2)25(28)26-12-6-8-19(15-26)32(3)29/h4-5,7,9-11,13-14,17,19H,6,8,12,15H2,1-3H3. The summed E-state index contributed by atoms with van der Waals surface area (Å²) in [6, 6.07) is 14.7. The first kappa shape index (κ1) is 22.3. The third kappa shape index (κ3) is 4.63. The minimum absolute atomic E-state index is 0.00899. The fraction of sp³-hybridized carbons (Fsp3) is 0.360. The van der Waals surface area contributed by atoms with Crippen molar-refractivity contribution < 1.29 is 18.2 Å². The third-order valence-electron chi connectivity index (χ3n) is 5.97. The van der Waals surface area contributed by atoms with Gasteiger partial charge < -0.3 is 14.1 Å². The van der Waals surface area contributed by atoms with Gasteiger partial charge in [-0.25, -0.2) is 4.79 Å². The number of aryl methyl sites for hydroxylation is 1. The van der Waals surface area contributed by atoms with Crippen molar-refractivity contribution in [2.24, 2.45) is 0 Å². The van der Waals surface area contributed by atoms with Crippen LogP contribution < -0.4 is 10.4 Å². The Kier molecular flexibility index (Phi) is 6.46. The average Bonchev–Trinajstić information content (AvgIpc) is 2.78. The molecule has 0 spiro atoms. The number of ether oxygens (including phenoxy) is 1. The van der Waals surface area contributed by atoms with Gasteiger partial charge in [-0.2, -0.15) is 0 Å². The SMILES string of the molecule is Cc1ccccc1-c1cc(=O)oc2cc(OC(C)C(=O)N3CCCC(S(C)=O)C3)ccc12. The maximum absolute atomic E-state index is 12.9. The molecule has 1 fully saturated rings. The van der Waals surface area contributed by atoms with Crippen LogP contribution >= 0.6 is 0 Å². The Morgan fingerprint density at radius 1 is 1.19 bits per heavy atom. The van der Waals surface area contributed by atoms with Crippen LogP contribution in [0.1, 0.15) is 25.3 Å². The highest BCUT2D eigenvalue weighted by atomic mass is 32.2. The summed E-state index contributed by atoms with van der Waals surface area (Å²) in [5.41, 5.74) is 2.80. The van der Waals surface area contributed by atoms with E-state index in [1.807, 2.05) is 37.3 Å². The molecule has 2 aromatic carbocycles. The van der Waals surface area contributed by atoms with Gasteiger partial charge in [0.2, 0.25) is 0 Å². The molecule has 1 aliphatic rings. The normalized spacial score (nSPS) is 18.3. The lowest BCUT2D eigenvalue weighted by Crippen LogP contribution is -2.48. The van der Waals surface area contributed by atoms with Crippen molar-refractivity contribution in [1.82, 2.24) is 4.90 Å². The minimum Gasteiger partial charge on any atom is -0.481 e. The first-order valence-corrected chi connectivity index (χ1v) is 12.4. The highest BCUT2D eigenvalue weighted by molar-refractivity contribution is 7.84. The largest absolute Gasteiger partial charge is 0.481 e. The lowest BCUT2D eigenvalue weighted by Gasteiger charge is -2.33. The van der Waals surface area contributed by atoms with Gasteiger partial charge in [-0.05, 0) is 49.9 Å². The Bertz CT molecular complexity index is 1230. The van der Waals surface area contributed by atoms with E-state index in [4.69, 9.17) is 9.15 Å². The maximum Gasteiger partial charge on any atom is 0.336 e. The second-order valence-electron chi connectivity index (χ2n) is 8.26. The lowest BCUT2D eigenvalue weighted by molar-refractivity contribution is -0.138. The zero-order chi connectivity index (χ0) is 22.8. The van der Waals surface area contributed by atoms with Gasteiger partial charge in [-0.15, -0.1) is 0 Å². The van der Waals surface area contributed by atoms with Gasteiger partial charge in [0, 0.05) is 53.2 Å². The number of benzene rings is 2. The van der Waals surface area contributed by atoms with Crippen LogP contribution in [0.4, 0.5) is 0 Å². The Labute approximate surface area is 189 Å². The van der Waals surface area contributed by atoms with E-state index in [0.29, 0.717) is 24.4 Å². The highest BCUT2D eigenvalue weighted by Crippen LogP contribution is 2.31. The van der Waals surface area contributed by atoms with Gasteiger partial charge in [0.15, 0.2) is 6.10 Å². The quantitative estimate of drug-likeness (QED) is 0.548. The summed E-state index contributed by atoms with van der Waals surface area (Å²) in [5, 5.41) is 0.809. The number of fused-ring (bicyclic) bond motifs is 1. The van der Waals surface area contributed by atoms with Crippen LogP contribution in [-0.2, 0) is 15.6 Å². The molecule has 0 aliphatic carbocycles. The molecular weight excluding hydrogens is 426 g/mol.